The largest absolute Gasteiger partial charge is 0.366 e. The molecule has 0 radical (unpaired) electrons. The second kappa shape index (κ2) is 4.32. The fourth-order valence-electron chi connectivity index (χ4n) is 1.26. The minimum atomic E-state index is -0.680. The lowest BCUT2D eigenvalue weighted by Gasteiger charge is -2.10. The number of hydrogen-bond acceptors (Lipinski definition) is 2. The fourth-order valence-corrected chi connectivity index (χ4v) is 2.10. The molecule has 4 nitrogen and oxygen atoms in total. The first kappa shape index (κ1) is 12.2. The summed E-state index contributed by atoms with van der Waals surface area (Å²) >= 11 is 6.52. The normalized spacial score (nSPS) is 10.1. The Balaban J connectivity index is 3.65. The average molecular weight is 336 g/mol. The van der Waals surface area contributed by atoms with Crippen molar-refractivity contribution in [2.24, 2.45) is 11.5 Å². The van der Waals surface area contributed by atoms with E-state index in [4.69, 9.17) is 11.5 Å². The molecule has 0 saturated heterocycles. The monoisotopic (exact) mass is 334 g/mol. The molecule has 0 aliphatic carbocycles. The van der Waals surface area contributed by atoms with Gasteiger partial charge in [0.25, 0.3) is 0 Å². The summed E-state index contributed by atoms with van der Waals surface area (Å²) in [7, 11) is 0. The lowest BCUT2D eigenvalue weighted by Crippen LogP contribution is -2.22. The molecule has 0 saturated carbocycles. The van der Waals surface area contributed by atoms with Crippen LogP contribution in [-0.4, -0.2) is 11.8 Å². The van der Waals surface area contributed by atoms with E-state index in [1.54, 1.807) is 6.92 Å². The quantitative estimate of drug-likeness (QED) is 0.862. The highest BCUT2D eigenvalue weighted by molar-refractivity contribution is 9.13. The first-order valence-electron chi connectivity index (χ1n) is 3.94. The number of hydrogen-bond donors (Lipinski definition) is 2. The van der Waals surface area contributed by atoms with Crippen molar-refractivity contribution in [2.45, 2.75) is 6.92 Å². The third-order valence-electron chi connectivity index (χ3n) is 1.97. The van der Waals surface area contributed by atoms with Gasteiger partial charge in [-0.3, -0.25) is 9.59 Å². The Morgan fingerprint density at radius 2 is 1.73 bits per heavy atom. The number of carbonyl (C=O) groups is 2. The molecule has 0 aliphatic rings. The highest BCUT2D eigenvalue weighted by Crippen LogP contribution is 2.31. The van der Waals surface area contributed by atoms with Crippen molar-refractivity contribution in [3.63, 3.8) is 0 Å². The Kier molecular flexibility index (Phi) is 3.51. The smallest absolute Gasteiger partial charge is 0.249 e. The van der Waals surface area contributed by atoms with E-state index < -0.39 is 11.8 Å². The molecule has 0 aromatic heterocycles. The van der Waals surface area contributed by atoms with Crippen LogP contribution in [0.1, 0.15) is 26.3 Å². The van der Waals surface area contributed by atoms with E-state index in [0.29, 0.717) is 14.5 Å². The van der Waals surface area contributed by atoms with Gasteiger partial charge in [-0.05, 0) is 50.4 Å². The third kappa shape index (κ3) is 2.21. The molecule has 6 heteroatoms. The number of amides is 2. The Bertz CT molecular complexity index is 458. The van der Waals surface area contributed by atoms with Gasteiger partial charge in [0.2, 0.25) is 11.8 Å². The van der Waals surface area contributed by atoms with Crippen LogP contribution < -0.4 is 11.5 Å². The van der Waals surface area contributed by atoms with Crippen molar-refractivity contribution in [3.05, 3.63) is 31.7 Å². The van der Waals surface area contributed by atoms with Gasteiger partial charge in [-0.15, -0.1) is 0 Å². The third-order valence-corrected chi connectivity index (χ3v) is 4.15. The number of nitrogens with two attached hydrogens (primary N) is 2. The van der Waals surface area contributed by atoms with Crippen LogP contribution in [0.4, 0.5) is 0 Å². The highest BCUT2D eigenvalue weighted by atomic mass is 79.9. The van der Waals surface area contributed by atoms with Crippen molar-refractivity contribution in [1.82, 2.24) is 0 Å². The molecule has 0 fully saturated rings. The molecule has 0 aliphatic heterocycles. The van der Waals surface area contributed by atoms with Crippen LogP contribution in [0, 0.1) is 6.92 Å². The van der Waals surface area contributed by atoms with Gasteiger partial charge in [0.15, 0.2) is 0 Å². The second-order valence-electron chi connectivity index (χ2n) is 2.95. The average Bonchev–Trinajstić information content (AvgIpc) is 2.12. The molecule has 15 heavy (non-hydrogen) atoms. The second-order valence-corrected chi connectivity index (χ2v) is 4.60. The van der Waals surface area contributed by atoms with Gasteiger partial charge in [0.1, 0.15) is 0 Å². The first-order valence-corrected chi connectivity index (χ1v) is 5.53. The zero-order valence-electron chi connectivity index (χ0n) is 7.80. The summed E-state index contributed by atoms with van der Waals surface area (Å²) in [5.74, 6) is -1.35. The van der Waals surface area contributed by atoms with Gasteiger partial charge in [-0.1, -0.05) is 0 Å². The van der Waals surface area contributed by atoms with E-state index in [-0.39, 0.29) is 11.1 Å². The molecule has 0 heterocycles. The van der Waals surface area contributed by atoms with Gasteiger partial charge < -0.3 is 11.5 Å². The number of carbonyl (C=O) groups excluding carboxylic acids is 2. The maximum absolute atomic E-state index is 11.2. The fraction of sp³-hybridized carbons (Fsp3) is 0.111. The molecule has 0 spiro atoms. The SMILES string of the molecule is Cc1c(Br)c(Br)cc(C(N)=O)c1C(N)=O. The summed E-state index contributed by atoms with van der Waals surface area (Å²) in [6.45, 7) is 1.68. The summed E-state index contributed by atoms with van der Waals surface area (Å²) in [5.41, 5.74) is 11.2. The molecule has 80 valence electrons. The number of rotatable bonds is 2. The Labute approximate surface area is 103 Å². The van der Waals surface area contributed by atoms with Crippen molar-refractivity contribution in [1.29, 1.82) is 0 Å². The van der Waals surface area contributed by atoms with Crippen LogP contribution in [0.15, 0.2) is 15.0 Å². The van der Waals surface area contributed by atoms with Gasteiger partial charge in [0, 0.05) is 8.95 Å². The number of benzene rings is 1. The van der Waals surface area contributed by atoms with Crippen LogP contribution in [0.5, 0.6) is 0 Å². The molecule has 0 bridgehead atoms. The maximum Gasteiger partial charge on any atom is 0.249 e. The van der Waals surface area contributed by atoms with Crippen molar-refractivity contribution >= 4 is 43.7 Å². The molecule has 0 atom stereocenters. The summed E-state index contributed by atoms with van der Waals surface area (Å²) < 4.78 is 1.33. The predicted molar refractivity (Wildman–Crippen MR) is 63.6 cm³/mol. The van der Waals surface area contributed by atoms with E-state index in [1.807, 2.05) is 0 Å². The lowest BCUT2D eigenvalue weighted by atomic mass is 10.0. The van der Waals surface area contributed by atoms with E-state index in [2.05, 4.69) is 31.9 Å². The van der Waals surface area contributed by atoms with E-state index in [1.165, 1.54) is 6.07 Å². The van der Waals surface area contributed by atoms with Crippen molar-refractivity contribution < 1.29 is 9.59 Å². The van der Waals surface area contributed by atoms with Crippen molar-refractivity contribution in [2.75, 3.05) is 0 Å². The molecule has 2 amide bonds. The van der Waals surface area contributed by atoms with E-state index in [9.17, 15) is 9.59 Å². The summed E-state index contributed by atoms with van der Waals surface area (Å²) in [6, 6.07) is 1.47. The maximum atomic E-state index is 11.2. The first-order chi connectivity index (χ1) is 6.86. The zero-order chi connectivity index (χ0) is 11.7. The molecule has 1 rings (SSSR count). The molecule has 1 aromatic rings. The standard InChI is InChI=1S/C9H8Br2N2O2/c1-3-6(9(13)15)4(8(12)14)2-5(10)7(3)11/h2H,1H3,(H2,12,14)(H2,13,15). The summed E-state index contributed by atoms with van der Waals surface area (Å²) in [5, 5.41) is 0. The van der Waals surface area contributed by atoms with Crippen LogP contribution >= 0.6 is 31.9 Å². The van der Waals surface area contributed by atoms with E-state index >= 15 is 0 Å². The lowest BCUT2D eigenvalue weighted by molar-refractivity contribution is 0.0966. The van der Waals surface area contributed by atoms with Crippen LogP contribution in [0.25, 0.3) is 0 Å². The Morgan fingerprint density at radius 1 is 1.20 bits per heavy atom. The topological polar surface area (TPSA) is 86.2 Å². The number of halogens is 2. The molecule has 4 N–H and O–H groups in total. The minimum absolute atomic E-state index is 0.120. The highest BCUT2D eigenvalue weighted by Gasteiger charge is 2.19. The molecule has 1 aromatic carbocycles. The van der Waals surface area contributed by atoms with Crippen LogP contribution in [-0.2, 0) is 0 Å². The van der Waals surface area contributed by atoms with E-state index in [0.717, 1.165) is 0 Å². The molecule has 0 unspecified atom stereocenters. The number of primary amides is 2. The van der Waals surface area contributed by atoms with Gasteiger partial charge in [-0.25, -0.2) is 0 Å². The van der Waals surface area contributed by atoms with Crippen LogP contribution in [0.2, 0.25) is 0 Å². The Hall–Kier alpha value is -0.880. The predicted octanol–water partition coefficient (Wildman–Crippen LogP) is 1.72. The summed E-state index contributed by atoms with van der Waals surface area (Å²) in [4.78, 5) is 22.3. The summed E-state index contributed by atoms with van der Waals surface area (Å²) in [6.07, 6.45) is 0. The zero-order valence-corrected chi connectivity index (χ0v) is 11.0. The minimum Gasteiger partial charge on any atom is -0.366 e. The van der Waals surface area contributed by atoms with Gasteiger partial charge >= 0.3 is 0 Å². The van der Waals surface area contributed by atoms with Gasteiger partial charge in [0.05, 0.1) is 11.1 Å². The molecular formula is C9H8Br2N2O2. The van der Waals surface area contributed by atoms with Crippen LogP contribution in [0.3, 0.4) is 0 Å². The van der Waals surface area contributed by atoms with Crippen molar-refractivity contribution in [3.8, 4) is 0 Å². The molecular weight excluding hydrogens is 328 g/mol. The van der Waals surface area contributed by atoms with Gasteiger partial charge in [-0.2, -0.15) is 0 Å². The Morgan fingerprint density at radius 3 is 2.13 bits per heavy atom.